The van der Waals surface area contributed by atoms with Gasteiger partial charge in [-0.15, -0.1) is 0 Å². The Balaban J connectivity index is 1.36. The number of benzene rings is 2. The molecule has 0 saturated carbocycles. The number of hydrazine groups is 1. The summed E-state index contributed by atoms with van der Waals surface area (Å²) >= 11 is 0. The van der Waals surface area contributed by atoms with Crippen LogP contribution in [0.3, 0.4) is 0 Å². The summed E-state index contributed by atoms with van der Waals surface area (Å²) in [5, 5.41) is 11.5. The van der Waals surface area contributed by atoms with Crippen LogP contribution in [0.1, 0.15) is 34.3 Å². The summed E-state index contributed by atoms with van der Waals surface area (Å²) < 4.78 is 0. The maximum Gasteiger partial charge on any atom is 0.255 e. The molecule has 10 heteroatoms. The molecule has 3 aromatic rings. The lowest BCUT2D eigenvalue weighted by atomic mass is 10.0. The standard InChI is InChI=1S/C22H21N7O3/c23-17(12-1-4-18-13(7-12)9-25-27-18)11-29(24)15-2-3-16-14(8-15)10-28(22(16)32)19-5-6-20(30)26-21(19)31/h1-4,7-9,11,19H,5-6,10,23-24H2,(H,25,27)(H,26,30,31)/b17-11-. The molecule has 3 heterocycles. The Kier molecular flexibility index (Phi) is 4.63. The lowest BCUT2D eigenvalue weighted by Crippen LogP contribution is -2.52. The first-order valence-electron chi connectivity index (χ1n) is 10.1. The molecule has 1 unspecified atom stereocenters. The monoisotopic (exact) mass is 431 g/mol. The van der Waals surface area contributed by atoms with Crippen LogP contribution in [-0.2, 0) is 16.1 Å². The number of piperidine rings is 1. The minimum absolute atomic E-state index is 0.215. The van der Waals surface area contributed by atoms with Gasteiger partial charge in [0, 0.05) is 30.1 Å². The number of imide groups is 1. The third-order valence-electron chi connectivity index (χ3n) is 5.86. The van der Waals surface area contributed by atoms with E-state index in [0.29, 0.717) is 23.4 Å². The van der Waals surface area contributed by atoms with E-state index in [4.69, 9.17) is 11.6 Å². The molecule has 0 radical (unpaired) electrons. The summed E-state index contributed by atoms with van der Waals surface area (Å²) in [5.41, 5.74) is 10.4. The number of H-pyrrole nitrogens is 1. The number of nitrogens with one attached hydrogen (secondary N) is 2. The smallest absolute Gasteiger partial charge is 0.255 e. The van der Waals surface area contributed by atoms with Crippen molar-refractivity contribution in [2.75, 3.05) is 5.01 Å². The number of hydrogen-bond acceptors (Lipinski definition) is 7. The van der Waals surface area contributed by atoms with E-state index in [1.807, 2.05) is 24.3 Å². The highest BCUT2D eigenvalue weighted by molar-refractivity contribution is 6.05. The molecule has 0 aliphatic carbocycles. The molecule has 32 heavy (non-hydrogen) atoms. The highest BCUT2D eigenvalue weighted by atomic mass is 16.2. The normalized spacial score (nSPS) is 18.8. The summed E-state index contributed by atoms with van der Waals surface area (Å²) in [6.07, 6.45) is 3.86. The topological polar surface area (TPSA) is 150 Å². The van der Waals surface area contributed by atoms with Gasteiger partial charge in [-0.3, -0.25) is 29.8 Å². The molecule has 10 nitrogen and oxygen atoms in total. The molecule has 1 saturated heterocycles. The molecule has 162 valence electrons. The van der Waals surface area contributed by atoms with E-state index in [0.717, 1.165) is 22.0 Å². The van der Waals surface area contributed by atoms with E-state index in [9.17, 15) is 14.4 Å². The Labute approximate surface area is 182 Å². The molecule has 6 N–H and O–H groups in total. The first kappa shape index (κ1) is 19.8. The number of carbonyl (C=O) groups is 3. The van der Waals surface area contributed by atoms with E-state index in [1.54, 1.807) is 24.5 Å². The molecule has 2 aliphatic rings. The molecular weight excluding hydrogens is 410 g/mol. The zero-order valence-electron chi connectivity index (χ0n) is 17.0. The fourth-order valence-electron chi connectivity index (χ4n) is 4.14. The molecule has 5 rings (SSSR count). The molecule has 2 aromatic carbocycles. The zero-order valence-corrected chi connectivity index (χ0v) is 17.0. The van der Waals surface area contributed by atoms with Crippen LogP contribution < -0.4 is 21.9 Å². The molecule has 0 spiro atoms. The summed E-state index contributed by atoms with van der Waals surface area (Å²) in [6.45, 7) is 0.276. The van der Waals surface area contributed by atoms with Gasteiger partial charge in [0.15, 0.2) is 0 Å². The molecule has 3 amide bonds. The number of hydrogen-bond donors (Lipinski definition) is 4. The summed E-state index contributed by atoms with van der Waals surface area (Å²) in [4.78, 5) is 38.0. The van der Waals surface area contributed by atoms with Crippen molar-refractivity contribution in [3.05, 3.63) is 65.5 Å². The van der Waals surface area contributed by atoms with Gasteiger partial charge in [-0.25, -0.2) is 5.84 Å². The number of rotatable bonds is 4. The Morgan fingerprint density at radius 2 is 2.03 bits per heavy atom. The number of aromatic nitrogens is 2. The van der Waals surface area contributed by atoms with E-state index >= 15 is 0 Å². The number of amides is 3. The number of nitrogens with two attached hydrogens (primary N) is 2. The highest BCUT2D eigenvalue weighted by Gasteiger charge is 2.39. The van der Waals surface area contributed by atoms with Gasteiger partial charge in [-0.1, -0.05) is 6.07 Å². The summed E-state index contributed by atoms with van der Waals surface area (Å²) in [5.74, 6) is 5.25. The maximum absolute atomic E-state index is 12.8. The molecule has 1 fully saturated rings. The van der Waals surface area contributed by atoms with Crippen LogP contribution in [0, 0.1) is 0 Å². The first-order valence-corrected chi connectivity index (χ1v) is 10.1. The average Bonchev–Trinajstić information content (AvgIpc) is 3.37. The predicted molar refractivity (Wildman–Crippen MR) is 117 cm³/mol. The largest absolute Gasteiger partial charge is 0.397 e. The number of anilines is 1. The summed E-state index contributed by atoms with van der Waals surface area (Å²) in [6, 6.07) is 10.3. The van der Waals surface area contributed by atoms with E-state index < -0.39 is 11.9 Å². The fourth-order valence-corrected chi connectivity index (χ4v) is 4.14. The molecular formula is C22H21N7O3. The lowest BCUT2D eigenvalue weighted by molar-refractivity contribution is -0.136. The number of fused-ring (bicyclic) bond motifs is 2. The van der Waals surface area contributed by atoms with Gasteiger partial charge < -0.3 is 10.6 Å². The highest BCUT2D eigenvalue weighted by Crippen LogP contribution is 2.30. The second-order valence-corrected chi connectivity index (χ2v) is 7.91. The maximum atomic E-state index is 12.8. The van der Waals surface area contributed by atoms with Gasteiger partial charge in [-0.05, 0) is 47.9 Å². The Bertz CT molecular complexity index is 1300. The lowest BCUT2D eigenvalue weighted by Gasteiger charge is -2.29. The predicted octanol–water partition coefficient (Wildman–Crippen LogP) is 0.961. The number of aromatic amines is 1. The van der Waals surface area contributed by atoms with Crippen LogP contribution in [0.15, 0.2) is 48.8 Å². The van der Waals surface area contributed by atoms with Crippen LogP contribution in [0.4, 0.5) is 5.69 Å². The van der Waals surface area contributed by atoms with Crippen LogP contribution in [0.2, 0.25) is 0 Å². The van der Waals surface area contributed by atoms with Crippen LogP contribution in [0.5, 0.6) is 0 Å². The van der Waals surface area contributed by atoms with Gasteiger partial charge >= 0.3 is 0 Å². The second kappa shape index (κ2) is 7.50. The molecule has 1 atom stereocenters. The van der Waals surface area contributed by atoms with Crippen molar-refractivity contribution >= 4 is 40.0 Å². The van der Waals surface area contributed by atoms with Crippen LogP contribution in [-0.4, -0.2) is 38.9 Å². The first-order chi connectivity index (χ1) is 15.4. The van der Waals surface area contributed by atoms with Crippen molar-refractivity contribution in [3.8, 4) is 0 Å². The van der Waals surface area contributed by atoms with Crippen molar-refractivity contribution in [1.29, 1.82) is 0 Å². The molecule has 0 bridgehead atoms. The number of carbonyl (C=O) groups excluding carboxylic acids is 3. The van der Waals surface area contributed by atoms with Gasteiger partial charge in [0.1, 0.15) is 6.04 Å². The van der Waals surface area contributed by atoms with Crippen molar-refractivity contribution in [2.24, 2.45) is 11.6 Å². The minimum Gasteiger partial charge on any atom is -0.397 e. The van der Waals surface area contributed by atoms with Crippen molar-refractivity contribution in [1.82, 2.24) is 20.4 Å². The van der Waals surface area contributed by atoms with Crippen LogP contribution >= 0.6 is 0 Å². The van der Waals surface area contributed by atoms with Gasteiger partial charge in [0.25, 0.3) is 5.91 Å². The Hall–Kier alpha value is -4.18. The Morgan fingerprint density at radius 1 is 1.19 bits per heavy atom. The van der Waals surface area contributed by atoms with E-state index in [2.05, 4.69) is 15.5 Å². The third kappa shape index (κ3) is 3.36. The molecule has 1 aromatic heterocycles. The quantitative estimate of drug-likeness (QED) is 0.273. The van der Waals surface area contributed by atoms with Crippen molar-refractivity contribution < 1.29 is 14.4 Å². The van der Waals surface area contributed by atoms with Gasteiger partial charge in [-0.2, -0.15) is 5.10 Å². The van der Waals surface area contributed by atoms with Crippen LogP contribution in [0.25, 0.3) is 16.6 Å². The minimum atomic E-state index is -0.654. The average molecular weight is 431 g/mol. The SMILES string of the molecule is N/C(=C\N(N)c1ccc2c(c1)CN(C1CCC(=O)NC1=O)C2=O)c1ccc2[nH]ncc2c1. The second-order valence-electron chi connectivity index (χ2n) is 7.91. The van der Waals surface area contributed by atoms with E-state index in [1.165, 1.54) is 9.91 Å². The molecule has 2 aliphatic heterocycles. The van der Waals surface area contributed by atoms with E-state index in [-0.39, 0.29) is 24.8 Å². The third-order valence-corrected chi connectivity index (χ3v) is 5.86. The van der Waals surface area contributed by atoms with Gasteiger partial charge in [0.05, 0.1) is 23.1 Å². The number of nitrogens with zero attached hydrogens (tertiary/aromatic N) is 3. The zero-order chi connectivity index (χ0) is 22.4. The van der Waals surface area contributed by atoms with Crippen molar-refractivity contribution in [2.45, 2.75) is 25.4 Å². The Morgan fingerprint density at radius 3 is 2.84 bits per heavy atom. The van der Waals surface area contributed by atoms with Gasteiger partial charge in [0.2, 0.25) is 11.8 Å². The summed E-state index contributed by atoms with van der Waals surface area (Å²) in [7, 11) is 0. The van der Waals surface area contributed by atoms with Crippen molar-refractivity contribution in [3.63, 3.8) is 0 Å². The fraction of sp³-hybridized carbons (Fsp3) is 0.182.